The molecule has 1 atom stereocenters. The molecule has 50 valence electrons. The van der Waals surface area contributed by atoms with Crippen LogP contribution in [0.15, 0.2) is 0 Å². The van der Waals surface area contributed by atoms with Gasteiger partial charge in [0.05, 0.1) is 12.7 Å². The van der Waals surface area contributed by atoms with Crippen molar-refractivity contribution in [3.8, 4) is 0 Å². The lowest BCUT2D eigenvalue weighted by atomic mass is 10.2. The van der Waals surface area contributed by atoms with Crippen molar-refractivity contribution in [2.24, 2.45) is 0 Å². The number of alkyl halides is 1. The van der Waals surface area contributed by atoms with Gasteiger partial charge < -0.3 is 10.2 Å². The molecule has 0 rings (SSSR count). The van der Waals surface area contributed by atoms with Crippen LogP contribution in [-0.4, -0.2) is 28.8 Å². The van der Waals surface area contributed by atoms with Gasteiger partial charge in [-0.05, 0) is 12.8 Å². The van der Waals surface area contributed by atoms with Gasteiger partial charge in [0.15, 0.2) is 0 Å². The minimum atomic E-state index is -0.575. The van der Waals surface area contributed by atoms with Gasteiger partial charge in [-0.3, -0.25) is 0 Å². The van der Waals surface area contributed by atoms with Gasteiger partial charge >= 0.3 is 0 Å². The molecule has 0 aliphatic heterocycles. The van der Waals surface area contributed by atoms with E-state index in [9.17, 15) is 0 Å². The van der Waals surface area contributed by atoms with Gasteiger partial charge in [-0.1, -0.05) is 0 Å². The van der Waals surface area contributed by atoms with Crippen molar-refractivity contribution in [1.82, 2.24) is 0 Å². The molecule has 0 fully saturated rings. The first-order chi connectivity index (χ1) is 3.81. The average Bonchev–Trinajstić information content (AvgIpc) is 1.83. The van der Waals surface area contributed by atoms with E-state index >= 15 is 0 Å². The van der Waals surface area contributed by atoms with Crippen LogP contribution in [0.4, 0.5) is 0 Å². The van der Waals surface area contributed by atoms with Crippen molar-refractivity contribution >= 4 is 11.6 Å². The largest absolute Gasteiger partial charge is 0.394 e. The van der Waals surface area contributed by atoms with Crippen molar-refractivity contribution in [3.05, 3.63) is 0 Å². The molecule has 0 bridgehead atoms. The molecule has 0 saturated heterocycles. The van der Waals surface area contributed by atoms with Crippen molar-refractivity contribution in [3.63, 3.8) is 0 Å². The van der Waals surface area contributed by atoms with Crippen LogP contribution in [0.5, 0.6) is 0 Å². The monoisotopic (exact) mass is 138 g/mol. The fourth-order valence-electron chi connectivity index (χ4n) is 0.404. The van der Waals surface area contributed by atoms with Gasteiger partial charge in [0.25, 0.3) is 0 Å². The lowest BCUT2D eigenvalue weighted by molar-refractivity contribution is 0.0879. The highest BCUT2D eigenvalue weighted by Gasteiger charge is 1.98. The maximum Gasteiger partial charge on any atom is 0.0771 e. The number of hydrogen-bond donors (Lipinski definition) is 2. The van der Waals surface area contributed by atoms with Crippen molar-refractivity contribution < 1.29 is 10.2 Å². The lowest BCUT2D eigenvalue weighted by Crippen LogP contribution is -2.11. The molecule has 8 heavy (non-hydrogen) atoms. The second-order valence-corrected chi connectivity index (χ2v) is 2.05. The van der Waals surface area contributed by atoms with E-state index in [0.717, 1.165) is 6.42 Å². The summed E-state index contributed by atoms with van der Waals surface area (Å²) in [5, 5.41) is 16.9. The Labute approximate surface area is 54.1 Å². The van der Waals surface area contributed by atoms with E-state index in [1.165, 1.54) is 0 Å². The summed E-state index contributed by atoms with van der Waals surface area (Å²) in [7, 11) is 0. The van der Waals surface area contributed by atoms with Gasteiger partial charge in [-0.2, -0.15) is 0 Å². The Bertz CT molecular complexity index is 49.7. The third-order valence-electron chi connectivity index (χ3n) is 0.882. The summed E-state index contributed by atoms with van der Waals surface area (Å²) in [6.07, 6.45) is 0.789. The highest BCUT2D eigenvalue weighted by atomic mass is 35.5. The predicted octanol–water partition coefficient (Wildman–Crippen LogP) is 0.359. The zero-order chi connectivity index (χ0) is 6.41. The fourth-order valence-corrected chi connectivity index (χ4v) is 0.558. The fraction of sp³-hybridized carbons (Fsp3) is 1.00. The van der Waals surface area contributed by atoms with E-state index in [2.05, 4.69) is 0 Å². The molecule has 0 aromatic carbocycles. The summed E-state index contributed by atoms with van der Waals surface area (Å²) < 4.78 is 0. The Morgan fingerprint density at radius 1 is 1.50 bits per heavy atom. The smallest absolute Gasteiger partial charge is 0.0771 e. The van der Waals surface area contributed by atoms with Crippen LogP contribution in [0.3, 0.4) is 0 Å². The topological polar surface area (TPSA) is 40.5 Å². The van der Waals surface area contributed by atoms with Gasteiger partial charge in [-0.15, -0.1) is 11.6 Å². The third kappa shape index (κ3) is 4.37. The molecule has 0 saturated carbocycles. The molecule has 0 amide bonds. The highest BCUT2D eigenvalue weighted by molar-refractivity contribution is 6.17. The quantitative estimate of drug-likeness (QED) is 0.551. The molecule has 0 aromatic heterocycles. The summed E-state index contributed by atoms with van der Waals surface area (Å²) in [5.74, 6) is 0.553. The van der Waals surface area contributed by atoms with Gasteiger partial charge in [-0.25, -0.2) is 0 Å². The Morgan fingerprint density at radius 2 is 2.12 bits per heavy atom. The normalized spacial score (nSPS) is 13.9. The van der Waals surface area contributed by atoms with Crippen molar-refractivity contribution in [2.45, 2.75) is 18.9 Å². The molecule has 0 aliphatic rings. The standard InChI is InChI=1S/C5H11ClO2/c6-3-1-2-5(8)4-7/h5,7-8H,1-4H2. The Hall–Kier alpha value is 0.210. The third-order valence-corrected chi connectivity index (χ3v) is 1.15. The number of rotatable bonds is 4. The van der Waals surface area contributed by atoms with E-state index < -0.39 is 6.10 Å². The second kappa shape index (κ2) is 5.35. The maximum atomic E-state index is 8.68. The zero-order valence-corrected chi connectivity index (χ0v) is 5.43. The van der Waals surface area contributed by atoms with Crippen molar-refractivity contribution in [2.75, 3.05) is 12.5 Å². The van der Waals surface area contributed by atoms with Crippen LogP contribution in [0.2, 0.25) is 0 Å². The summed E-state index contributed by atoms with van der Waals surface area (Å²) in [6, 6.07) is 0. The molecule has 1 unspecified atom stereocenters. The summed E-state index contributed by atoms with van der Waals surface area (Å²) in [4.78, 5) is 0. The molecule has 2 N–H and O–H groups in total. The Morgan fingerprint density at radius 3 is 2.50 bits per heavy atom. The Balaban J connectivity index is 2.86. The van der Waals surface area contributed by atoms with Crippen LogP contribution in [0.1, 0.15) is 12.8 Å². The Kier molecular flexibility index (Phi) is 5.49. The molecule has 3 heteroatoms. The van der Waals surface area contributed by atoms with Gasteiger partial charge in [0.2, 0.25) is 0 Å². The summed E-state index contributed by atoms with van der Waals surface area (Å²) >= 11 is 5.31. The van der Waals surface area contributed by atoms with E-state index in [1.807, 2.05) is 0 Å². The van der Waals surface area contributed by atoms with Crippen LogP contribution in [-0.2, 0) is 0 Å². The maximum absolute atomic E-state index is 8.68. The minimum Gasteiger partial charge on any atom is -0.394 e. The van der Waals surface area contributed by atoms with E-state index in [0.29, 0.717) is 12.3 Å². The number of aliphatic hydroxyl groups excluding tert-OH is 2. The summed E-state index contributed by atoms with van der Waals surface area (Å²) in [6.45, 7) is -0.156. The average molecular weight is 139 g/mol. The second-order valence-electron chi connectivity index (χ2n) is 1.67. The van der Waals surface area contributed by atoms with Gasteiger partial charge in [0.1, 0.15) is 0 Å². The van der Waals surface area contributed by atoms with Gasteiger partial charge in [0, 0.05) is 5.88 Å². The molecule has 2 nitrogen and oxygen atoms in total. The SMILES string of the molecule is OCC(O)CCCCl. The molecule has 0 aliphatic carbocycles. The highest BCUT2D eigenvalue weighted by Crippen LogP contribution is 1.96. The molecule has 0 spiro atoms. The summed E-state index contributed by atoms with van der Waals surface area (Å²) in [5.41, 5.74) is 0. The first kappa shape index (κ1) is 8.21. The first-order valence-corrected chi connectivity index (χ1v) is 3.19. The van der Waals surface area contributed by atoms with E-state index in [-0.39, 0.29) is 6.61 Å². The number of hydrogen-bond acceptors (Lipinski definition) is 2. The molecule has 0 aromatic rings. The zero-order valence-electron chi connectivity index (χ0n) is 4.68. The van der Waals surface area contributed by atoms with E-state index in [4.69, 9.17) is 21.8 Å². The van der Waals surface area contributed by atoms with Crippen molar-refractivity contribution in [1.29, 1.82) is 0 Å². The number of halogens is 1. The first-order valence-electron chi connectivity index (χ1n) is 2.66. The van der Waals surface area contributed by atoms with Crippen LogP contribution < -0.4 is 0 Å². The minimum absolute atomic E-state index is 0.156. The van der Waals surface area contributed by atoms with Crippen LogP contribution in [0.25, 0.3) is 0 Å². The van der Waals surface area contributed by atoms with Crippen LogP contribution in [0, 0.1) is 0 Å². The molecule has 0 radical (unpaired) electrons. The van der Waals surface area contributed by atoms with E-state index in [1.54, 1.807) is 0 Å². The number of aliphatic hydroxyl groups is 2. The molecular formula is C5H11ClO2. The van der Waals surface area contributed by atoms with Crippen LogP contribution >= 0.6 is 11.6 Å². The molecular weight excluding hydrogens is 128 g/mol. The lowest BCUT2D eigenvalue weighted by Gasteiger charge is -2.02. The molecule has 0 heterocycles. The predicted molar refractivity (Wildman–Crippen MR) is 33.0 cm³/mol.